The number of esters is 2. The van der Waals surface area contributed by atoms with Crippen molar-refractivity contribution in [1.82, 2.24) is 0 Å². The van der Waals surface area contributed by atoms with E-state index in [-0.39, 0.29) is 29.7 Å². The maximum Gasteiger partial charge on any atom is 0.310 e. The Labute approximate surface area is 147 Å². The van der Waals surface area contributed by atoms with E-state index < -0.39 is 0 Å². The van der Waals surface area contributed by atoms with Gasteiger partial charge in [-0.15, -0.1) is 0 Å². The third-order valence-electron chi connectivity index (χ3n) is 5.09. The molecule has 0 N–H and O–H groups in total. The number of ether oxygens (including phenoxy) is 2. The Hall–Kier alpha value is -1.06. The van der Waals surface area contributed by atoms with E-state index in [0.717, 1.165) is 51.4 Å². The molecule has 0 saturated heterocycles. The summed E-state index contributed by atoms with van der Waals surface area (Å²) in [6.45, 7) is 7.03. The smallest absolute Gasteiger partial charge is 0.310 e. The normalized spacial score (nSPS) is 18.0. The van der Waals surface area contributed by atoms with E-state index in [1.165, 1.54) is 6.42 Å². The molecule has 1 aliphatic rings. The second-order valence-electron chi connectivity index (χ2n) is 6.98. The van der Waals surface area contributed by atoms with Crippen LogP contribution in [0.1, 0.15) is 85.0 Å². The Morgan fingerprint density at radius 1 is 0.875 bits per heavy atom. The van der Waals surface area contributed by atoms with Crippen LogP contribution in [0.5, 0.6) is 0 Å². The zero-order chi connectivity index (χ0) is 17.8. The van der Waals surface area contributed by atoms with Gasteiger partial charge in [0, 0.05) is 0 Å². The summed E-state index contributed by atoms with van der Waals surface area (Å²) in [6.07, 6.45) is 9.93. The Morgan fingerprint density at radius 2 is 1.42 bits per heavy atom. The molecule has 1 aliphatic carbocycles. The van der Waals surface area contributed by atoms with E-state index >= 15 is 0 Å². The van der Waals surface area contributed by atoms with Gasteiger partial charge in [-0.2, -0.15) is 0 Å². The predicted octanol–water partition coefficient (Wildman–Crippen LogP) is 4.90. The molecule has 0 amide bonds. The van der Waals surface area contributed by atoms with Gasteiger partial charge in [-0.25, -0.2) is 0 Å². The van der Waals surface area contributed by atoms with Gasteiger partial charge in [0.2, 0.25) is 0 Å². The Balaban J connectivity index is 2.78. The van der Waals surface area contributed by atoms with Gasteiger partial charge in [-0.3, -0.25) is 9.59 Å². The van der Waals surface area contributed by atoms with E-state index in [4.69, 9.17) is 9.47 Å². The first kappa shape index (κ1) is 21.0. The standard InChI is InChI=1S/C20H36O4/c1-4-7-14-23-19(21)17(6-3)18(16-12-10-9-11-13-16)20(22)24-15-8-5-2/h16-18H,4-15H2,1-3H3. The van der Waals surface area contributed by atoms with E-state index in [9.17, 15) is 9.59 Å². The van der Waals surface area contributed by atoms with Gasteiger partial charge in [0.25, 0.3) is 0 Å². The molecule has 2 atom stereocenters. The summed E-state index contributed by atoms with van der Waals surface area (Å²) in [6, 6.07) is 0. The molecule has 1 rings (SSSR count). The summed E-state index contributed by atoms with van der Waals surface area (Å²) < 4.78 is 10.9. The first-order chi connectivity index (χ1) is 11.7. The quantitative estimate of drug-likeness (QED) is 0.397. The van der Waals surface area contributed by atoms with Crippen LogP contribution in [0.2, 0.25) is 0 Å². The Kier molecular flexibility index (Phi) is 10.8. The number of rotatable bonds is 11. The number of unbranched alkanes of at least 4 members (excludes halogenated alkanes) is 2. The van der Waals surface area contributed by atoms with Crippen molar-refractivity contribution in [2.24, 2.45) is 17.8 Å². The van der Waals surface area contributed by atoms with Crippen molar-refractivity contribution in [2.75, 3.05) is 13.2 Å². The summed E-state index contributed by atoms with van der Waals surface area (Å²) in [4.78, 5) is 25.3. The molecule has 0 heterocycles. The van der Waals surface area contributed by atoms with Gasteiger partial charge in [-0.1, -0.05) is 52.9 Å². The summed E-state index contributed by atoms with van der Waals surface area (Å²) in [5, 5.41) is 0. The third-order valence-corrected chi connectivity index (χ3v) is 5.09. The minimum absolute atomic E-state index is 0.186. The molecule has 0 aromatic carbocycles. The Morgan fingerprint density at radius 3 is 1.92 bits per heavy atom. The van der Waals surface area contributed by atoms with Crippen molar-refractivity contribution in [3.8, 4) is 0 Å². The van der Waals surface area contributed by atoms with Crippen molar-refractivity contribution in [1.29, 1.82) is 0 Å². The maximum atomic E-state index is 12.7. The minimum Gasteiger partial charge on any atom is -0.465 e. The van der Waals surface area contributed by atoms with Crippen LogP contribution in [0.3, 0.4) is 0 Å². The zero-order valence-corrected chi connectivity index (χ0v) is 15.9. The summed E-state index contributed by atoms with van der Waals surface area (Å²) in [7, 11) is 0. The summed E-state index contributed by atoms with van der Waals surface area (Å²) in [5.41, 5.74) is 0. The van der Waals surface area contributed by atoms with Crippen LogP contribution < -0.4 is 0 Å². The first-order valence-electron chi connectivity index (χ1n) is 9.98. The monoisotopic (exact) mass is 340 g/mol. The number of hydrogen-bond donors (Lipinski definition) is 0. The van der Waals surface area contributed by atoms with Crippen LogP contribution >= 0.6 is 0 Å². The van der Waals surface area contributed by atoms with Gasteiger partial charge in [-0.05, 0) is 38.0 Å². The molecule has 4 nitrogen and oxygen atoms in total. The zero-order valence-electron chi connectivity index (χ0n) is 15.9. The topological polar surface area (TPSA) is 52.6 Å². The van der Waals surface area contributed by atoms with Crippen molar-refractivity contribution in [2.45, 2.75) is 85.0 Å². The highest BCUT2D eigenvalue weighted by Gasteiger charge is 2.40. The van der Waals surface area contributed by atoms with Gasteiger partial charge in [0.1, 0.15) is 0 Å². The molecule has 1 saturated carbocycles. The van der Waals surface area contributed by atoms with Crippen LogP contribution in [0, 0.1) is 17.8 Å². The van der Waals surface area contributed by atoms with Crippen molar-refractivity contribution < 1.29 is 19.1 Å². The number of hydrogen-bond acceptors (Lipinski definition) is 4. The van der Waals surface area contributed by atoms with Gasteiger partial charge >= 0.3 is 11.9 Å². The summed E-state index contributed by atoms with van der Waals surface area (Å²) in [5.74, 6) is -0.833. The SMILES string of the molecule is CCCCOC(=O)C(CC)C(C(=O)OCCCC)C1CCCCC1. The van der Waals surface area contributed by atoms with Crippen LogP contribution in [-0.4, -0.2) is 25.2 Å². The van der Waals surface area contributed by atoms with E-state index in [0.29, 0.717) is 19.6 Å². The largest absolute Gasteiger partial charge is 0.465 e. The highest BCUT2D eigenvalue weighted by Crippen LogP contribution is 2.36. The van der Waals surface area contributed by atoms with Crippen LogP contribution in [0.25, 0.3) is 0 Å². The predicted molar refractivity (Wildman–Crippen MR) is 95.6 cm³/mol. The first-order valence-corrected chi connectivity index (χ1v) is 9.98. The lowest BCUT2D eigenvalue weighted by Crippen LogP contribution is -2.38. The van der Waals surface area contributed by atoms with Crippen LogP contribution in [0.15, 0.2) is 0 Å². The molecule has 0 radical (unpaired) electrons. The fourth-order valence-corrected chi connectivity index (χ4v) is 3.58. The lowest BCUT2D eigenvalue weighted by atomic mass is 9.73. The van der Waals surface area contributed by atoms with E-state index in [1.807, 2.05) is 6.92 Å². The van der Waals surface area contributed by atoms with E-state index in [2.05, 4.69) is 13.8 Å². The lowest BCUT2D eigenvalue weighted by molar-refractivity contribution is -0.164. The molecule has 0 aromatic heterocycles. The van der Waals surface area contributed by atoms with Gasteiger partial charge in [0.15, 0.2) is 0 Å². The average molecular weight is 341 g/mol. The molecule has 0 bridgehead atoms. The van der Waals surface area contributed by atoms with Crippen molar-refractivity contribution >= 4 is 11.9 Å². The van der Waals surface area contributed by atoms with Crippen molar-refractivity contribution in [3.63, 3.8) is 0 Å². The molecule has 0 aliphatic heterocycles. The molecular weight excluding hydrogens is 304 g/mol. The summed E-state index contributed by atoms with van der Waals surface area (Å²) >= 11 is 0. The van der Waals surface area contributed by atoms with Crippen LogP contribution in [-0.2, 0) is 19.1 Å². The molecule has 140 valence electrons. The fourth-order valence-electron chi connectivity index (χ4n) is 3.58. The Bertz CT molecular complexity index is 361. The van der Waals surface area contributed by atoms with Crippen LogP contribution in [0.4, 0.5) is 0 Å². The molecule has 0 aromatic rings. The third kappa shape index (κ3) is 6.82. The molecule has 0 spiro atoms. The second-order valence-corrected chi connectivity index (χ2v) is 6.98. The molecule has 4 heteroatoms. The number of carbonyl (C=O) groups is 2. The highest BCUT2D eigenvalue weighted by atomic mass is 16.5. The van der Waals surface area contributed by atoms with E-state index in [1.54, 1.807) is 0 Å². The molecular formula is C20H36O4. The molecule has 1 fully saturated rings. The maximum absolute atomic E-state index is 12.7. The molecule has 24 heavy (non-hydrogen) atoms. The highest BCUT2D eigenvalue weighted by molar-refractivity contribution is 5.82. The van der Waals surface area contributed by atoms with Crippen molar-refractivity contribution in [3.05, 3.63) is 0 Å². The second kappa shape index (κ2) is 12.3. The average Bonchev–Trinajstić information content (AvgIpc) is 2.60. The van der Waals surface area contributed by atoms with Gasteiger partial charge in [0.05, 0.1) is 25.0 Å². The number of carbonyl (C=O) groups excluding carboxylic acids is 2. The van der Waals surface area contributed by atoms with Gasteiger partial charge < -0.3 is 9.47 Å². The minimum atomic E-state index is -0.362. The fraction of sp³-hybridized carbons (Fsp3) is 0.900. The molecule has 2 unspecified atom stereocenters. The lowest BCUT2D eigenvalue weighted by Gasteiger charge is -2.32.